The lowest BCUT2D eigenvalue weighted by Crippen LogP contribution is -2.45. The first-order chi connectivity index (χ1) is 11.5. The molecule has 3 rings (SSSR count). The molecule has 1 saturated heterocycles. The van der Waals surface area contributed by atoms with Crippen molar-refractivity contribution < 1.29 is 14.7 Å². The predicted octanol–water partition coefficient (Wildman–Crippen LogP) is 2.36. The van der Waals surface area contributed by atoms with Gasteiger partial charge in [-0.05, 0) is 37.5 Å². The second kappa shape index (κ2) is 6.47. The Balaban J connectivity index is 1.78. The van der Waals surface area contributed by atoms with Crippen LogP contribution in [0.3, 0.4) is 0 Å². The number of amides is 1. The van der Waals surface area contributed by atoms with E-state index in [0.29, 0.717) is 25.2 Å². The topological polar surface area (TPSA) is 75.4 Å². The molecule has 0 spiro atoms. The van der Waals surface area contributed by atoms with E-state index in [0.717, 1.165) is 11.4 Å². The van der Waals surface area contributed by atoms with Crippen molar-refractivity contribution in [3.8, 4) is 5.69 Å². The summed E-state index contributed by atoms with van der Waals surface area (Å²) in [6.45, 7) is 4.70. The Labute approximate surface area is 140 Å². The second-order valence-electron chi connectivity index (χ2n) is 6.38. The van der Waals surface area contributed by atoms with Crippen LogP contribution >= 0.6 is 0 Å². The quantitative estimate of drug-likeness (QED) is 0.939. The monoisotopic (exact) mass is 327 g/mol. The van der Waals surface area contributed by atoms with Crippen molar-refractivity contribution in [3.05, 3.63) is 47.8 Å². The van der Waals surface area contributed by atoms with Crippen LogP contribution in [0.5, 0.6) is 0 Å². The maximum Gasteiger partial charge on any atom is 0.306 e. The zero-order valence-corrected chi connectivity index (χ0v) is 13.8. The van der Waals surface area contributed by atoms with Gasteiger partial charge in [0.2, 0.25) is 0 Å². The standard InChI is InChI=1S/C18H21N3O3/c1-12-11-20(9-8-15(12)18(23)24)17(22)16-10-13(2)21(19-16)14-6-4-3-5-7-14/h3-7,10,12,15H,8-9,11H2,1-2H3,(H,23,24). The summed E-state index contributed by atoms with van der Waals surface area (Å²) >= 11 is 0. The van der Waals surface area contributed by atoms with Crippen LogP contribution in [-0.2, 0) is 4.79 Å². The number of nitrogens with zero attached hydrogens (tertiary/aromatic N) is 3. The lowest BCUT2D eigenvalue weighted by molar-refractivity contribution is -0.145. The lowest BCUT2D eigenvalue weighted by atomic mass is 9.87. The number of aryl methyl sites for hydroxylation is 1. The molecular weight excluding hydrogens is 306 g/mol. The van der Waals surface area contributed by atoms with Crippen molar-refractivity contribution in [2.24, 2.45) is 11.8 Å². The fourth-order valence-electron chi connectivity index (χ4n) is 3.27. The van der Waals surface area contributed by atoms with Gasteiger partial charge in [0.25, 0.3) is 5.91 Å². The van der Waals surface area contributed by atoms with E-state index in [9.17, 15) is 14.7 Å². The molecule has 0 saturated carbocycles. The third kappa shape index (κ3) is 3.04. The smallest absolute Gasteiger partial charge is 0.306 e. The van der Waals surface area contributed by atoms with E-state index in [2.05, 4.69) is 5.10 Å². The van der Waals surface area contributed by atoms with Crippen LogP contribution in [0.2, 0.25) is 0 Å². The minimum Gasteiger partial charge on any atom is -0.481 e. The van der Waals surface area contributed by atoms with Gasteiger partial charge in [-0.1, -0.05) is 25.1 Å². The Hall–Kier alpha value is -2.63. The lowest BCUT2D eigenvalue weighted by Gasteiger charge is -2.34. The number of carbonyl (C=O) groups is 2. The average Bonchev–Trinajstić information content (AvgIpc) is 2.96. The summed E-state index contributed by atoms with van der Waals surface area (Å²) in [6, 6.07) is 11.4. The molecule has 2 aromatic rings. The molecule has 6 heteroatoms. The van der Waals surface area contributed by atoms with Gasteiger partial charge in [0.1, 0.15) is 0 Å². The van der Waals surface area contributed by atoms with Crippen molar-refractivity contribution in [2.45, 2.75) is 20.3 Å². The zero-order chi connectivity index (χ0) is 17.3. The Bertz CT molecular complexity index is 754. The molecule has 2 unspecified atom stereocenters. The number of likely N-dealkylation sites (tertiary alicyclic amines) is 1. The molecule has 2 heterocycles. The maximum absolute atomic E-state index is 12.7. The molecule has 1 aliphatic rings. The van der Waals surface area contributed by atoms with Crippen molar-refractivity contribution in [2.75, 3.05) is 13.1 Å². The SMILES string of the molecule is Cc1cc(C(=O)N2CCC(C(=O)O)C(C)C2)nn1-c1ccccc1. The molecule has 1 amide bonds. The summed E-state index contributed by atoms with van der Waals surface area (Å²) in [4.78, 5) is 25.6. The molecule has 24 heavy (non-hydrogen) atoms. The van der Waals surface area contributed by atoms with Crippen LogP contribution in [0.25, 0.3) is 5.69 Å². The largest absolute Gasteiger partial charge is 0.481 e. The fourth-order valence-corrected chi connectivity index (χ4v) is 3.27. The summed E-state index contributed by atoms with van der Waals surface area (Å²) in [5.41, 5.74) is 2.20. The minimum atomic E-state index is -0.779. The first-order valence-corrected chi connectivity index (χ1v) is 8.11. The van der Waals surface area contributed by atoms with E-state index in [1.165, 1.54) is 0 Å². The maximum atomic E-state index is 12.7. The predicted molar refractivity (Wildman–Crippen MR) is 89.1 cm³/mol. The highest BCUT2D eigenvalue weighted by atomic mass is 16.4. The molecule has 0 radical (unpaired) electrons. The second-order valence-corrected chi connectivity index (χ2v) is 6.38. The third-order valence-electron chi connectivity index (χ3n) is 4.62. The number of piperidine rings is 1. The summed E-state index contributed by atoms with van der Waals surface area (Å²) in [6.07, 6.45) is 0.487. The highest BCUT2D eigenvalue weighted by Crippen LogP contribution is 2.25. The number of carbonyl (C=O) groups excluding carboxylic acids is 1. The molecule has 0 bridgehead atoms. The van der Waals surface area contributed by atoms with Crippen molar-refractivity contribution in [1.29, 1.82) is 0 Å². The number of para-hydroxylation sites is 1. The van der Waals surface area contributed by atoms with E-state index in [-0.39, 0.29) is 17.7 Å². The number of hydrogen-bond donors (Lipinski definition) is 1. The molecule has 1 aliphatic heterocycles. The Morgan fingerprint density at radius 1 is 1.25 bits per heavy atom. The van der Waals surface area contributed by atoms with Crippen LogP contribution in [0.4, 0.5) is 0 Å². The molecule has 1 fully saturated rings. The molecule has 126 valence electrons. The zero-order valence-electron chi connectivity index (χ0n) is 13.8. The van der Waals surface area contributed by atoms with E-state index in [1.807, 2.05) is 44.2 Å². The van der Waals surface area contributed by atoms with Gasteiger partial charge in [0, 0.05) is 18.8 Å². The molecule has 1 N–H and O–H groups in total. The van der Waals surface area contributed by atoms with Crippen LogP contribution < -0.4 is 0 Å². The molecule has 0 aliphatic carbocycles. The highest BCUT2D eigenvalue weighted by molar-refractivity contribution is 5.92. The van der Waals surface area contributed by atoms with Gasteiger partial charge in [-0.3, -0.25) is 9.59 Å². The van der Waals surface area contributed by atoms with Crippen LogP contribution in [0, 0.1) is 18.8 Å². The highest BCUT2D eigenvalue weighted by Gasteiger charge is 2.34. The van der Waals surface area contributed by atoms with Crippen LogP contribution in [0.15, 0.2) is 36.4 Å². The number of carboxylic acid groups (broad SMARTS) is 1. The number of rotatable bonds is 3. The first-order valence-electron chi connectivity index (χ1n) is 8.11. The Morgan fingerprint density at radius 3 is 2.58 bits per heavy atom. The first kappa shape index (κ1) is 16.2. The van der Waals surface area contributed by atoms with Crippen molar-refractivity contribution in [1.82, 2.24) is 14.7 Å². The minimum absolute atomic E-state index is 0.0579. The van der Waals surface area contributed by atoms with E-state index in [4.69, 9.17) is 0 Å². The summed E-state index contributed by atoms with van der Waals surface area (Å²) in [5.74, 6) is -1.35. The molecule has 2 atom stereocenters. The number of aromatic nitrogens is 2. The van der Waals surface area contributed by atoms with Crippen molar-refractivity contribution in [3.63, 3.8) is 0 Å². The number of benzene rings is 1. The van der Waals surface area contributed by atoms with Gasteiger partial charge >= 0.3 is 5.97 Å². The average molecular weight is 327 g/mol. The van der Waals surface area contributed by atoms with E-state index < -0.39 is 5.97 Å². The summed E-state index contributed by atoms with van der Waals surface area (Å²) in [5, 5.41) is 13.6. The van der Waals surface area contributed by atoms with Gasteiger partial charge in [0.15, 0.2) is 5.69 Å². The van der Waals surface area contributed by atoms with Gasteiger partial charge in [-0.2, -0.15) is 5.10 Å². The molecule has 6 nitrogen and oxygen atoms in total. The van der Waals surface area contributed by atoms with Gasteiger partial charge in [0.05, 0.1) is 11.6 Å². The fraction of sp³-hybridized carbons (Fsp3) is 0.389. The summed E-state index contributed by atoms with van der Waals surface area (Å²) < 4.78 is 1.75. The normalized spacial score (nSPS) is 20.8. The van der Waals surface area contributed by atoms with E-state index in [1.54, 1.807) is 15.6 Å². The van der Waals surface area contributed by atoms with Crippen LogP contribution in [0.1, 0.15) is 29.5 Å². The molecular formula is C18H21N3O3. The number of hydrogen-bond acceptors (Lipinski definition) is 3. The van der Waals surface area contributed by atoms with Gasteiger partial charge < -0.3 is 10.0 Å². The molecule has 1 aromatic carbocycles. The number of carboxylic acids is 1. The summed E-state index contributed by atoms with van der Waals surface area (Å²) in [7, 11) is 0. The third-order valence-corrected chi connectivity index (χ3v) is 4.62. The Morgan fingerprint density at radius 2 is 1.96 bits per heavy atom. The van der Waals surface area contributed by atoms with E-state index >= 15 is 0 Å². The van der Waals surface area contributed by atoms with Gasteiger partial charge in [-0.15, -0.1) is 0 Å². The Kier molecular flexibility index (Phi) is 4.38. The van der Waals surface area contributed by atoms with Crippen molar-refractivity contribution >= 4 is 11.9 Å². The van der Waals surface area contributed by atoms with Crippen LogP contribution in [-0.4, -0.2) is 44.8 Å². The van der Waals surface area contributed by atoms with Gasteiger partial charge in [-0.25, -0.2) is 4.68 Å². The number of aliphatic carboxylic acids is 1. The molecule has 1 aromatic heterocycles.